The van der Waals surface area contributed by atoms with Gasteiger partial charge in [-0.3, -0.25) is 5.01 Å². The van der Waals surface area contributed by atoms with Gasteiger partial charge < -0.3 is 4.74 Å². The van der Waals surface area contributed by atoms with Crippen molar-refractivity contribution >= 4 is 23.0 Å². The van der Waals surface area contributed by atoms with E-state index in [0.29, 0.717) is 17.1 Å². The summed E-state index contributed by atoms with van der Waals surface area (Å²) in [6, 6.07) is 19.7. The van der Waals surface area contributed by atoms with Crippen LogP contribution >= 0.6 is 11.6 Å². The molecule has 7 heteroatoms. The maximum Gasteiger partial charge on any atom is 0.416 e. The number of hydrazone groups is 1. The van der Waals surface area contributed by atoms with Gasteiger partial charge in [0.25, 0.3) is 0 Å². The highest BCUT2D eigenvalue weighted by atomic mass is 35.5. The molecule has 3 aromatic carbocycles. The summed E-state index contributed by atoms with van der Waals surface area (Å²) in [6.45, 7) is 0. The van der Waals surface area contributed by atoms with Crippen LogP contribution < -0.4 is 9.75 Å². The number of ether oxygens (including phenoxy) is 1. The van der Waals surface area contributed by atoms with Gasteiger partial charge in [-0.15, -0.1) is 0 Å². The van der Waals surface area contributed by atoms with Gasteiger partial charge in [-0.2, -0.15) is 18.3 Å². The van der Waals surface area contributed by atoms with Crippen molar-refractivity contribution in [1.82, 2.24) is 0 Å². The third-order valence-electron chi connectivity index (χ3n) is 5.03. The monoisotopic (exact) mass is 430 g/mol. The molecule has 0 radical (unpaired) electrons. The first-order chi connectivity index (χ1) is 14.3. The van der Waals surface area contributed by atoms with Crippen molar-refractivity contribution in [3.8, 4) is 5.75 Å². The molecule has 30 heavy (non-hydrogen) atoms. The zero-order valence-electron chi connectivity index (χ0n) is 16.0. The van der Waals surface area contributed by atoms with E-state index in [2.05, 4.69) is 0 Å². The molecule has 0 fully saturated rings. The Kier molecular flexibility index (Phi) is 5.43. The number of hydrogen-bond donors (Lipinski definition) is 0. The van der Waals surface area contributed by atoms with Crippen LogP contribution in [0.3, 0.4) is 0 Å². The van der Waals surface area contributed by atoms with Gasteiger partial charge in [0.1, 0.15) is 5.75 Å². The molecule has 3 aromatic rings. The molecule has 0 amide bonds. The van der Waals surface area contributed by atoms with E-state index in [0.717, 1.165) is 34.7 Å². The van der Waals surface area contributed by atoms with Gasteiger partial charge in [0.2, 0.25) is 0 Å². The highest BCUT2D eigenvalue weighted by Crippen LogP contribution is 2.39. The molecular weight excluding hydrogens is 413 g/mol. The molecule has 4 rings (SSSR count). The topological polar surface area (TPSA) is 24.8 Å². The first-order valence-corrected chi connectivity index (χ1v) is 9.67. The second kappa shape index (κ2) is 8.03. The summed E-state index contributed by atoms with van der Waals surface area (Å²) in [5.74, 6) is 0.723. The van der Waals surface area contributed by atoms with E-state index >= 15 is 0 Å². The molecule has 0 unspecified atom stereocenters. The first kappa shape index (κ1) is 20.3. The fourth-order valence-electron chi connectivity index (χ4n) is 3.48. The maximum atomic E-state index is 13.3. The number of halogens is 4. The molecule has 0 saturated heterocycles. The Hall–Kier alpha value is -2.99. The molecule has 0 saturated carbocycles. The van der Waals surface area contributed by atoms with Crippen molar-refractivity contribution in [2.45, 2.75) is 18.6 Å². The van der Waals surface area contributed by atoms with E-state index in [9.17, 15) is 13.2 Å². The van der Waals surface area contributed by atoms with Crippen LogP contribution in [0.5, 0.6) is 5.75 Å². The predicted molar refractivity (Wildman–Crippen MR) is 112 cm³/mol. The Balaban J connectivity index is 1.75. The summed E-state index contributed by atoms with van der Waals surface area (Å²) in [6.07, 6.45) is -3.88. The van der Waals surface area contributed by atoms with Crippen molar-refractivity contribution in [2.24, 2.45) is 5.10 Å². The van der Waals surface area contributed by atoms with Gasteiger partial charge in [0, 0.05) is 11.4 Å². The van der Waals surface area contributed by atoms with E-state index in [1.165, 1.54) is 6.07 Å². The molecular formula is C23H18ClF3N2O. The largest absolute Gasteiger partial charge is 0.497 e. The van der Waals surface area contributed by atoms with Crippen molar-refractivity contribution in [1.29, 1.82) is 0 Å². The molecule has 0 spiro atoms. The van der Waals surface area contributed by atoms with Crippen LogP contribution in [0.1, 0.15) is 29.2 Å². The van der Waals surface area contributed by atoms with Crippen LogP contribution in [0.4, 0.5) is 18.9 Å². The highest BCUT2D eigenvalue weighted by Gasteiger charge is 2.34. The minimum atomic E-state index is -4.42. The van der Waals surface area contributed by atoms with Gasteiger partial charge in [0.15, 0.2) is 0 Å². The van der Waals surface area contributed by atoms with Gasteiger partial charge in [-0.25, -0.2) is 0 Å². The van der Waals surface area contributed by atoms with Crippen molar-refractivity contribution in [3.05, 3.63) is 94.5 Å². The van der Waals surface area contributed by atoms with Gasteiger partial charge in [-0.1, -0.05) is 29.8 Å². The van der Waals surface area contributed by atoms with E-state index < -0.39 is 11.7 Å². The van der Waals surface area contributed by atoms with Crippen LogP contribution in [0, 0.1) is 0 Å². The number of methoxy groups -OCH3 is 1. The molecule has 0 N–H and O–H groups in total. The normalized spacial score (nSPS) is 16.5. The van der Waals surface area contributed by atoms with Crippen LogP contribution in [-0.2, 0) is 6.18 Å². The molecule has 0 bridgehead atoms. The van der Waals surface area contributed by atoms with Gasteiger partial charge >= 0.3 is 6.18 Å². The van der Waals surface area contributed by atoms with E-state index in [4.69, 9.17) is 21.4 Å². The summed E-state index contributed by atoms with van der Waals surface area (Å²) < 4.78 is 45.0. The molecule has 154 valence electrons. The van der Waals surface area contributed by atoms with E-state index in [-0.39, 0.29) is 6.04 Å². The zero-order chi connectivity index (χ0) is 21.3. The Morgan fingerprint density at radius 1 is 1.00 bits per heavy atom. The molecule has 1 atom stereocenters. The lowest BCUT2D eigenvalue weighted by molar-refractivity contribution is -0.137. The average Bonchev–Trinajstić information content (AvgIpc) is 3.19. The maximum absolute atomic E-state index is 13.3. The minimum Gasteiger partial charge on any atom is -0.497 e. The fourth-order valence-corrected chi connectivity index (χ4v) is 3.60. The number of nitrogens with zero attached hydrogens (tertiary/aromatic N) is 2. The van der Waals surface area contributed by atoms with Crippen LogP contribution in [0.25, 0.3) is 0 Å². The fraction of sp³-hybridized carbons (Fsp3) is 0.174. The van der Waals surface area contributed by atoms with Crippen molar-refractivity contribution in [3.63, 3.8) is 0 Å². The number of benzene rings is 3. The number of rotatable bonds is 4. The SMILES string of the molecule is COc1ccc(C2=NN(c3cccc(C(F)(F)F)c3)[C@H](c3ccc(Cl)cc3)C2)cc1. The Bertz CT molecular complexity index is 1060. The molecule has 1 aliphatic heterocycles. The molecule has 0 aliphatic carbocycles. The van der Waals surface area contributed by atoms with E-state index in [1.54, 1.807) is 30.3 Å². The van der Waals surface area contributed by atoms with Crippen LogP contribution in [0.2, 0.25) is 5.02 Å². The number of alkyl halides is 3. The summed E-state index contributed by atoms with van der Waals surface area (Å²) in [5, 5.41) is 6.94. The smallest absolute Gasteiger partial charge is 0.416 e. The lowest BCUT2D eigenvalue weighted by Crippen LogP contribution is -2.19. The quantitative estimate of drug-likeness (QED) is 0.458. The van der Waals surface area contributed by atoms with Crippen LogP contribution in [-0.4, -0.2) is 12.8 Å². The van der Waals surface area contributed by atoms with Gasteiger partial charge in [0.05, 0.1) is 30.1 Å². The lowest BCUT2D eigenvalue weighted by atomic mass is 9.98. The summed E-state index contributed by atoms with van der Waals surface area (Å²) in [5.41, 5.74) is 2.28. The molecule has 3 nitrogen and oxygen atoms in total. The third kappa shape index (κ3) is 4.14. The summed E-state index contributed by atoms with van der Waals surface area (Å²) >= 11 is 6.02. The van der Waals surface area contributed by atoms with Crippen molar-refractivity contribution < 1.29 is 17.9 Å². The summed E-state index contributed by atoms with van der Waals surface area (Å²) in [4.78, 5) is 0. The average molecular weight is 431 g/mol. The molecule has 1 aliphatic rings. The standard InChI is InChI=1S/C23H18ClF3N2O/c1-30-20-11-7-15(8-12-20)21-14-22(16-5-9-18(24)10-6-16)29(28-21)19-4-2-3-17(13-19)23(25,26)27/h2-13,22H,14H2,1H3/t22-/m0/s1. The second-order valence-corrected chi connectivity index (χ2v) is 7.38. The highest BCUT2D eigenvalue weighted by molar-refractivity contribution is 6.30. The molecule has 1 heterocycles. The Morgan fingerprint density at radius 3 is 2.33 bits per heavy atom. The zero-order valence-corrected chi connectivity index (χ0v) is 16.8. The summed E-state index contributed by atoms with van der Waals surface area (Å²) in [7, 11) is 1.59. The third-order valence-corrected chi connectivity index (χ3v) is 5.28. The number of anilines is 1. The number of hydrogen-bond acceptors (Lipinski definition) is 3. The first-order valence-electron chi connectivity index (χ1n) is 9.29. The second-order valence-electron chi connectivity index (χ2n) is 6.94. The minimum absolute atomic E-state index is 0.247. The van der Waals surface area contributed by atoms with E-state index in [1.807, 2.05) is 36.4 Å². The van der Waals surface area contributed by atoms with Crippen LogP contribution in [0.15, 0.2) is 77.9 Å². The Morgan fingerprint density at radius 2 is 1.70 bits per heavy atom. The molecule has 0 aromatic heterocycles. The Labute approximate surface area is 177 Å². The van der Waals surface area contributed by atoms with Crippen molar-refractivity contribution in [2.75, 3.05) is 12.1 Å². The lowest BCUT2D eigenvalue weighted by Gasteiger charge is -2.24. The van der Waals surface area contributed by atoms with Gasteiger partial charge in [-0.05, 0) is 65.7 Å². The predicted octanol–water partition coefficient (Wildman–Crippen LogP) is 6.72.